The van der Waals surface area contributed by atoms with Crippen LogP contribution in [0, 0.1) is 0 Å². The summed E-state index contributed by atoms with van der Waals surface area (Å²) in [5.74, 6) is -0.0268. The molecular weight excluding hydrogens is 236 g/mol. The van der Waals surface area contributed by atoms with E-state index in [1.165, 1.54) is 38.5 Å². The molecule has 0 N–H and O–H groups in total. The van der Waals surface area contributed by atoms with Crippen LogP contribution in [-0.2, 0) is 9.53 Å². The number of hydrogen-bond donors (Lipinski definition) is 0. The van der Waals surface area contributed by atoms with Gasteiger partial charge in [-0.2, -0.15) is 0 Å². The SMILES string of the molecule is CC1(C)CC/C=C\CCCCCCCCCC(=O)O1. The van der Waals surface area contributed by atoms with Gasteiger partial charge in [0.05, 0.1) is 0 Å². The standard InChI is InChI=1S/C17H30O2/c1-17(2)15-13-11-9-7-5-3-4-6-8-10-12-14-16(18)19-17/h9,11H,3-8,10,12-15H2,1-2H3/b11-9-. The maximum absolute atomic E-state index is 11.8. The predicted molar refractivity (Wildman–Crippen MR) is 80.1 cm³/mol. The van der Waals surface area contributed by atoms with Crippen LogP contribution in [0.2, 0.25) is 0 Å². The van der Waals surface area contributed by atoms with Gasteiger partial charge < -0.3 is 4.74 Å². The molecule has 0 spiro atoms. The van der Waals surface area contributed by atoms with E-state index in [1.54, 1.807) is 0 Å². The van der Waals surface area contributed by atoms with Gasteiger partial charge >= 0.3 is 5.97 Å². The number of carbonyl (C=O) groups is 1. The van der Waals surface area contributed by atoms with Crippen molar-refractivity contribution in [1.29, 1.82) is 0 Å². The molecule has 0 aromatic heterocycles. The zero-order valence-electron chi connectivity index (χ0n) is 12.7. The summed E-state index contributed by atoms with van der Waals surface area (Å²) in [7, 11) is 0. The van der Waals surface area contributed by atoms with Crippen molar-refractivity contribution >= 4 is 5.97 Å². The molecule has 1 aliphatic heterocycles. The van der Waals surface area contributed by atoms with Gasteiger partial charge in [-0.25, -0.2) is 0 Å². The first-order valence-electron chi connectivity index (χ1n) is 7.97. The molecule has 0 saturated heterocycles. The fourth-order valence-electron chi connectivity index (χ4n) is 2.49. The van der Waals surface area contributed by atoms with Crippen molar-refractivity contribution in [2.45, 2.75) is 90.1 Å². The zero-order chi connectivity index (χ0) is 14.0. The third kappa shape index (κ3) is 8.85. The van der Waals surface area contributed by atoms with E-state index in [2.05, 4.69) is 12.2 Å². The minimum absolute atomic E-state index is 0.0268. The summed E-state index contributed by atoms with van der Waals surface area (Å²) in [6, 6.07) is 0. The first kappa shape index (κ1) is 16.3. The van der Waals surface area contributed by atoms with Crippen LogP contribution in [0.4, 0.5) is 0 Å². The topological polar surface area (TPSA) is 26.3 Å². The van der Waals surface area contributed by atoms with Gasteiger partial charge in [-0.05, 0) is 46.0 Å². The summed E-state index contributed by atoms with van der Waals surface area (Å²) < 4.78 is 5.57. The van der Waals surface area contributed by atoms with Gasteiger partial charge in [0, 0.05) is 6.42 Å². The minimum Gasteiger partial charge on any atom is -0.460 e. The summed E-state index contributed by atoms with van der Waals surface area (Å²) >= 11 is 0. The Hall–Kier alpha value is -0.790. The zero-order valence-corrected chi connectivity index (χ0v) is 12.7. The van der Waals surface area contributed by atoms with Gasteiger partial charge in [-0.1, -0.05) is 44.3 Å². The van der Waals surface area contributed by atoms with E-state index in [1.807, 2.05) is 13.8 Å². The van der Waals surface area contributed by atoms with Crippen molar-refractivity contribution in [3.63, 3.8) is 0 Å². The Kier molecular flexibility index (Phi) is 7.85. The fourth-order valence-corrected chi connectivity index (χ4v) is 2.49. The third-order valence-corrected chi connectivity index (χ3v) is 3.72. The molecule has 110 valence electrons. The average Bonchev–Trinajstić information content (AvgIpc) is 2.33. The molecule has 0 fully saturated rings. The Morgan fingerprint density at radius 1 is 0.895 bits per heavy atom. The van der Waals surface area contributed by atoms with E-state index < -0.39 is 0 Å². The van der Waals surface area contributed by atoms with Crippen LogP contribution >= 0.6 is 0 Å². The number of esters is 1. The van der Waals surface area contributed by atoms with E-state index in [-0.39, 0.29) is 11.6 Å². The summed E-state index contributed by atoms with van der Waals surface area (Å²) in [5, 5.41) is 0. The highest BCUT2D eigenvalue weighted by molar-refractivity contribution is 5.69. The van der Waals surface area contributed by atoms with Gasteiger partial charge in [0.25, 0.3) is 0 Å². The second-order valence-electron chi connectivity index (χ2n) is 6.26. The Morgan fingerprint density at radius 3 is 2.21 bits per heavy atom. The van der Waals surface area contributed by atoms with Gasteiger partial charge in [-0.15, -0.1) is 0 Å². The normalized spacial score (nSPS) is 25.5. The lowest BCUT2D eigenvalue weighted by Crippen LogP contribution is -2.27. The lowest BCUT2D eigenvalue weighted by Gasteiger charge is -2.24. The second-order valence-corrected chi connectivity index (χ2v) is 6.26. The van der Waals surface area contributed by atoms with Crippen LogP contribution in [0.3, 0.4) is 0 Å². The predicted octanol–water partition coefficient (Wildman–Crippen LogP) is 5.17. The summed E-state index contributed by atoms with van der Waals surface area (Å²) in [6.45, 7) is 4.03. The summed E-state index contributed by atoms with van der Waals surface area (Å²) in [4.78, 5) is 11.8. The van der Waals surface area contributed by atoms with Crippen molar-refractivity contribution in [3.8, 4) is 0 Å². The highest BCUT2D eigenvalue weighted by atomic mass is 16.6. The Morgan fingerprint density at radius 2 is 1.47 bits per heavy atom. The van der Waals surface area contributed by atoms with E-state index >= 15 is 0 Å². The molecule has 2 nitrogen and oxygen atoms in total. The first-order chi connectivity index (χ1) is 9.10. The number of allylic oxidation sites excluding steroid dienone is 2. The summed E-state index contributed by atoms with van der Waals surface area (Å²) in [6.07, 6.45) is 16.9. The molecule has 1 rings (SSSR count). The van der Waals surface area contributed by atoms with Crippen molar-refractivity contribution in [3.05, 3.63) is 12.2 Å². The molecule has 0 radical (unpaired) electrons. The number of rotatable bonds is 0. The molecule has 2 heteroatoms. The van der Waals surface area contributed by atoms with Crippen LogP contribution in [0.25, 0.3) is 0 Å². The molecule has 1 heterocycles. The van der Waals surface area contributed by atoms with Gasteiger partial charge in [0.2, 0.25) is 0 Å². The molecule has 0 saturated carbocycles. The molecule has 1 aliphatic rings. The first-order valence-corrected chi connectivity index (χ1v) is 7.97. The molecule has 0 aromatic carbocycles. The van der Waals surface area contributed by atoms with Crippen molar-refractivity contribution in [2.24, 2.45) is 0 Å². The number of hydrogen-bond acceptors (Lipinski definition) is 2. The fraction of sp³-hybridized carbons (Fsp3) is 0.824. The second kappa shape index (κ2) is 9.17. The maximum atomic E-state index is 11.8. The van der Waals surface area contributed by atoms with Crippen molar-refractivity contribution < 1.29 is 9.53 Å². The minimum atomic E-state index is -0.321. The van der Waals surface area contributed by atoms with Crippen LogP contribution < -0.4 is 0 Å². The molecule has 19 heavy (non-hydrogen) atoms. The van der Waals surface area contributed by atoms with Crippen LogP contribution in [0.1, 0.15) is 84.5 Å². The molecule has 0 atom stereocenters. The van der Waals surface area contributed by atoms with Gasteiger partial charge in [0.15, 0.2) is 0 Å². The van der Waals surface area contributed by atoms with Crippen molar-refractivity contribution in [2.75, 3.05) is 0 Å². The van der Waals surface area contributed by atoms with Crippen LogP contribution in [0.5, 0.6) is 0 Å². The van der Waals surface area contributed by atoms with E-state index in [4.69, 9.17) is 4.74 Å². The van der Waals surface area contributed by atoms with Crippen LogP contribution in [-0.4, -0.2) is 11.6 Å². The molecule has 0 aliphatic carbocycles. The van der Waals surface area contributed by atoms with E-state index in [9.17, 15) is 4.79 Å². The Labute approximate surface area is 118 Å². The quantitative estimate of drug-likeness (QED) is 0.446. The molecule has 0 amide bonds. The maximum Gasteiger partial charge on any atom is 0.306 e. The van der Waals surface area contributed by atoms with Gasteiger partial charge in [-0.3, -0.25) is 4.79 Å². The molecule has 0 bridgehead atoms. The lowest BCUT2D eigenvalue weighted by atomic mass is 10.0. The highest BCUT2D eigenvalue weighted by Gasteiger charge is 2.21. The third-order valence-electron chi connectivity index (χ3n) is 3.72. The average molecular weight is 266 g/mol. The molecular formula is C17H30O2. The van der Waals surface area contributed by atoms with Gasteiger partial charge in [0.1, 0.15) is 5.60 Å². The molecule has 0 aromatic rings. The van der Waals surface area contributed by atoms with E-state index in [0.29, 0.717) is 6.42 Å². The monoisotopic (exact) mass is 266 g/mol. The summed E-state index contributed by atoms with van der Waals surface area (Å²) in [5.41, 5.74) is -0.321. The van der Waals surface area contributed by atoms with Crippen molar-refractivity contribution in [1.82, 2.24) is 0 Å². The smallest absolute Gasteiger partial charge is 0.306 e. The lowest BCUT2D eigenvalue weighted by molar-refractivity contribution is -0.157. The van der Waals surface area contributed by atoms with E-state index in [0.717, 1.165) is 25.7 Å². The highest BCUT2D eigenvalue weighted by Crippen LogP contribution is 2.19. The largest absolute Gasteiger partial charge is 0.460 e. The Balaban J connectivity index is 2.40. The number of carbonyl (C=O) groups excluding carboxylic acids is 1. The number of cyclic esters (lactones) is 1. The number of ether oxygens (including phenoxy) is 1. The Bertz CT molecular complexity index is 279. The van der Waals surface area contributed by atoms with Crippen LogP contribution in [0.15, 0.2) is 12.2 Å². The molecule has 0 unspecified atom stereocenters.